The number of hydrogen-bond acceptors (Lipinski definition) is 5. The van der Waals surface area contributed by atoms with Crippen LogP contribution in [0, 0.1) is 0 Å². The molecule has 0 atom stereocenters. The Bertz CT molecular complexity index is 986. The van der Waals surface area contributed by atoms with Gasteiger partial charge in [-0.15, -0.1) is 22.7 Å². The van der Waals surface area contributed by atoms with Gasteiger partial charge in [-0.25, -0.2) is 4.98 Å². The van der Waals surface area contributed by atoms with Crippen molar-refractivity contribution in [1.29, 1.82) is 0 Å². The SMILES string of the molecule is CCN(CC)c1ccc(-c2csc(C3CCN(C(=O)c4sccc4Br)CC3)n2)cc1. The van der Waals surface area contributed by atoms with Crippen molar-refractivity contribution in [3.05, 3.63) is 55.4 Å². The average Bonchev–Trinajstić information content (AvgIpc) is 3.44. The maximum absolute atomic E-state index is 12.7. The molecule has 1 aliphatic heterocycles. The normalized spacial score (nSPS) is 14.8. The first-order valence-electron chi connectivity index (χ1n) is 10.4. The predicted octanol–water partition coefficient (Wildman–Crippen LogP) is 6.50. The Balaban J connectivity index is 1.39. The van der Waals surface area contributed by atoms with E-state index in [9.17, 15) is 4.79 Å². The minimum Gasteiger partial charge on any atom is -0.372 e. The van der Waals surface area contributed by atoms with Gasteiger partial charge in [-0.1, -0.05) is 12.1 Å². The number of aromatic nitrogens is 1. The fourth-order valence-corrected chi connectivity index (χ4v) is 6.47. The Labute approximate surface area is 194 Å². The van der Waals surface area contributed by atoms with Gasteiger partial charge < -0.3 is 9.80 Å². The molecule has 0 spiro atoms. The molecule has 3 aromatic rings. The lowest BCUT2D eigenvalue weighted by Gasteiger charge is -2.31. The maximum Gasteiger partial charge on any atom is 0.265 e. The van der Waals surface area contributed by atoms with Crippen molar-refractivity contribution in [2.75, 3.05) is 31.1 Å². The van der Waals surface area contributed by atoms with Gasteiger partial charge in [0.15, 0.2) is 0 Å². The zero-order chi connectivity index (χ0) is 21.1. The van der Waals surface area contributed by atoms with Gasteiger partial charge in [0, 0.05) is 53.2 Å². The molecule has 4 rings (SSSR count). The van der Waals surface area contributed by atoms with Gasteiger partial charge in [-0.2, -0.15) is 0 Å². The van der Waals surface area contributed by atoms with Crippen molar-refractivity contribution in [2.45, 2.75) is 32.6 Å². The minimum atomic E-state index is 0.142. The van der Waals surface area contributed by atoms with Crippen LogP contribution in [0.5, 0.6) is 0 Å². The monoisotopic (exact) mass is 503 g/mol. The molecule has 0 radical (unpaired) electrons. The number of thiophene rings is 1. The first-order chi connectivity index (χ1) is 14.6. The maximum atomic E-state index is 12.7. The van der Waals surface area contributed by atoms with Crippen molar-refractivity contribution >= 4 is 50.2 Å². The highest BCUT2D eigenvalue weighted by molar-refractivity contribution is 9.10. The van der Waals surface area contributed by atoms with Crippen LogP contribution in [0.25, 0.3) is 11.3 Å². The van der Waals surface area contributed by atoms with Crippen LogP contribution in [0.4, 0.5) is 5.69 Å². The van der Waals surface area contributed by atoms with Gasteiger partial charge in [0.2, 0.25) is 0 Å². The molecule has 1 aliphatic rings. The Morgan fingerprint density at radius 3 is 2.43 bits per heavy atom. The van der Waals surface area contributed by atoms with Crippen molar-refractivity contribution in [2.24, 2.45) is 0 Å². The largest absolute Gasteiger partial charge is 0.372 e. The van der Waals surface area contributed by atoms with E-state index in [1.807, 2.05) is 16.3 Å². The lowest BCUT2D eigenvalue weighted by Crippen LogP contribution is -2.37. The van der Waals surface area contributed by atoms with Crippen LogP contribution in [0.15, 0.2) is 45.6 Å². The lowest BCUT2D eigenvalue weighted by molar-refractivity contribution is 0.0717. The molecule has 4 nitrogen and oxygen atoms in total. The molecule has 30 heavy (non-hydrogen) atoms. The molecule has 1 amide bonds. The summed E-state index contributed by atoms with van der Waals surface area (Å²) in [4.78, 5) is 22.8. The first-order valence-corrected chi connectivity index (χ1v) is 13.0. The topological polar surface area (TPSA) is 36.4 Å². The summed E-state index contributed by atoms with van der Waals surface area (Å²) in [6, 6.07) is 10.7. The van der Waals surface area contributed by atoms with E-state index in [1.54, 1.807) is 11.3 Å². The summed E-state index contributed by atoms with van der Waals surface area (Å²) in [6.45, 7) is 7.98. The molecule has 0 aliphatic carbocycles. The van der Waals surface area contributed by atoms with Crippen LogP contribution in [0.1, 0.15) is 47.3 Å². The number of thiazole rings is 1. The Hall–Kier alpha value is -1.70. The Kier molecular flexibility index (Phi) is 6.91. The molecule has 0 N–H and O–H groups in total. The summed E-state index contributed by atoms with van der Waals surface area (Å²) in [7, 11) is 0. The second-order valence-electron chi connectivity index (χ2n) is 7.45. The van der Waals surface area contributed by atoms with E-state index in [0.717, 1.165) is 54.1 Å². The Morgan fingerprint density at radius 2 is 1.83 bits per heavy atom. The average molecular weight is 505 g/mol. The fraction of sp³-hybridized carbons (Fsp3) is 0.391. The molecule has 0 bridgehead atoms. The number of anilines is 1. The molecule has 7 heteroatoms. The molecule has 3 heterocycles. The molecule has 158 valence electrons. The standard InChI is InChI=1S/C23H26BrN3OS2/c1-3-26(4-2)18-7-5-16(6-8-18)20-15-30-22(25-20)17-9-12-27(13-10-17)23(28)21-19(24)11-14-29-21/h5-8,11,14-15,17H,3-4,9-10,12-13H2,1-2H3. The van der Waals surface area contributed by atoms with Crippen molar-refractivity contribution in [1.82, 2.24) is 9.88 Å². The van der Waals surface area contributed by atoms with E-state index in [1.165, 1.54) is 27.6 Å². The summed E-state index contributed by atoms with van der Waals surface area (Å²) >= 11 is 6.73. The van der Waals surface area contributed by atoms with E-state index in [0.29, 0.717) is 5.92 Å². The van der Waals surface area contributed by atoms with Gasteiger partial charge >= 0.3 is 0 Å². The molecule has 0 saturated carbocycles. The van der Waals surface area contributed by atoms with E-state index >= 15 is 0 Å². The van der Waals surface area contributed by atoms with Gasteiger partial charge in [-0.3, -0.25) is 4.79 Å². The number of piperidine rings is 1. The number of hydrogen-bond donors (Lipinski definition) is 0. The van der Waals surface area contributed by atoms with Crippen LogP contribution >= 0.6 is 38.6 Å². The highest BCUT2D eigenvalue weighted by atomic mass is 79.9. The Morgan fingerprint density at radius 1 is 1.13 bits per heavy atom. The second-order valence-corrected chi connectivity index (χ2v) is 10.1. The molecule has 0 unspecified atom stereocenters. The smallest absolute Gasteiger partial charge is 0.265 e. The van der Waals surface area contributed by atoms with Crippen LogP contribution < -0.4 is 4.90 Å². The summed E-state index contributed by atoms with van der Waals surface area (Å²) in [5.41, 5.74) is 3.49. The molecule has 1 saturated heterocycles. The van der Waals surface area contributed by atoms with Crippen molar-refractivity contribution < 1.29 is 4.79 Å². The third kappa shape index (κ3) is 4.48. The number of rotatable bonds is 6. The number of carbonyl (C=O) groups is 1. The van der Waals surface area contributed by atoms with Crippen molar-refractivity contribution in [3.63, 3.8) is 0 Å². The molecule has 1 fully saturated rings. The number of halogens is 1. The molecule has 1 aromatic carbocycles. The van der Waals surface area contributed by atoms with Crippen LogP contribution in [-0.2, 0) is 0 Å². The third-order valence-electron chi connectivity index (χ3n) is 5.76. The minimum absolute atomic E-state index is 0.142. The first kappa shape index (κ1) is 21.5. The summed E-state index contributed by atoms with van der Waals surface area (Å²) in [6.07, 6.45) is 1.95. The van der Waals surface area contributed by atoms with Crippen LogP contribution in [0.3, 0.4) is 0 Å². The molecular weight excluding hydrogens is 478 g/mol. The van der Waals surface area contributed by atoms with E-state index in [2.05, 4.69) is 64.3 Å². The number of benzene rings is 1. The highest BCUT2D eigenvalue weighted by Gasteiger charge is 2.27. The van der Waals surface area contributed by atoms with Crippen LogP contribution in [0.2, 0.25) is 0 Å². The summed E-state index contributed by atoms with van der Waals surface area (Å²) in [5.74, 6) is 0.581. The van der Waals surface area contributed by atoms with Crippen molar-refractivity contribution in [3.8, 4) is 11.3 Å². The quantitative estimate of drug-likeness (QED) is 0.385. The van der Waals surface area contributed by atoms with Gasteiger partial charge in [0.25, 0.3) is 5.91 Å². The van der Waals surface area contributed by atoms with E-state index in [-0.39, 0.29) is 5.91 Å². The van der Waals surface area contributed by atoms with E-state index in [4.69, 9.17) is 4.98 Å². The summed E-state index contributed by atoms with van der Waals surface area (Å²) in [5, 5.41) is 5.32. The van der Waals surface area contributed by atoms with Gasteiger partial charge in [-0.05, 0) is 66.2 Å². The molecule has 2 aromatic heterocycles. The van der Waals surface area contributed by atoms with Crippen LogP contribution in [-0.4, -0.2) is 42.0 Å². The van der Waals surface area contributed by atoms with E-state index < -0.39 is 0 Å². The zero-order valence-corrected chi connectivity index (χ0v) is 20.5. The number of nitrogens with zero attached hydrogens (tertiary/aromatic N) is 3. The number of likely N-dealkylation sites (tertiary alicyclic amines) is 1. The zero-order valence-electron chi connectivity index (χ0n) is 17.3. The predicted molar refractivity (Wildman–Crippen MR) is 131 cm³/mol. The number of amides is 1. The second kappa shape index (κ2) is 9.62. The van der Waals surface area contributed by atoms with Gasteiger partial charge in [0.05, 0.1) is 10.7 Å². The highest BCUT2D eigenvalue weighted by Crippen LogP contribution is 2.34. The third-order valence-corrected chi connectivity index (χ3v) is 8.59. The molecular formula is C23H26BrN3OS2. The summed E-state index contributed by atoms with van der Waals surface area (Å²) < 4.78 is 0.899. The number of carbonyl (C=O) groups excluding carboxylic acids is 1. The lowest BCUT2D eigenvalue weighted by atomic mass is 9.97. The van der Waals surface area contributed by atoms with Gasteiger partial charge in [0.1, 0.15) is 4.88 Å². The fourth-order valence-electron chi connectivity index (χ4n) is 3.96.